The Morgan fingerprint density at radius 3 is 2.61 bits per heavy atom. The fourth-order valence-electron chi connectivity index (χ4n) is 2.30. The van der Waals surface area contributed by atoms with E-state index in [0.717, 1.165) is 28.6 Å². The molecule has 0 saturated heterocycles. The van der Waals surface area contributed by atoms with Gasteiger partial charge in [0.15, 0.2) is 5.82 Å². The van der Waals surface area contributed by atoms with E-state index in [0.29, 0.717) is 0 Å². The van der Waals surface area contributed by atoms with Gasteiger partial charge >= 0.3 is 6.18 Å². The highest BCUT2D eigenvalue weighted by atomic mass is 32.2. The van der Waals surface area contributed by atoms with E-state index >= 15 is 0 Å². The number of aromatic nitrogens is 3. The maximum Gasteiger partial charge on any atom is 0.416 e. The van der Waals surface area contributed by atoms with Gasteiger partial charge < -0.3 is 11.2 Å². The Balaban J connectivity index is 1.65. The van der Waals surface area contributed by atoms with Gasteiger partial charge in [0.1, 0.15) is 5.82 Å². The first-order valence-corrected chi connectivity index (χ1v) is 8.79. The molecule has 0 radical (unpaired) electrons. The number of hydrogen-bond acceptors (Lipinski definition) is 5. The molecule has 6 nitrogen and oxygen atoms in total. The van der Waals surface area contributed by atoms with Crippen molar-refractivity contribution in [1.29, 1.82) is 0 Å². The van der Waals surface area contributed by atoms with Gasteiger partial charge in [-0.2, -0.15) is 13.2 Å². The van der Waals surface area contributed by atoms with Crippen LogP contribution in [-0.4, -0.2) is 26.5 Å². The van der Waals surface area contributed by atoms with E-state index < -0.39 is 23.5 Å². The van der Waals surface area contributed by atoms with Gasteiger partial charge in [-0.25, -0.2) is 9.07 Å². The van der Waals surface area contributed by atoms with Crippen LogP contribution in [0.1, 0.15) is 5.56 Å². The first kappa shape index (κ1) is 19.7. The van der Waals surface area contributed by atoms with E-state index in [9.17, 15) is 22.4 Å². The summed E-state index contributed by atoms with van der Waals surface area (Å²) in [4.78, 5) is 12.0. The zero-order valence-corrected chi connectivity index (χ0v) is 14.9. The highest BCUT2D eigenvalue weighted by molar-refractivity contribution is 7.99. The molecule has 0 aliphatic rings. The minimum atomic E-state index is -4.51. The lowest BCUT2D eigenvalue weighted by molar-refractivity contribution is -0.137. The Hall–Kier alpha value is -3.08. The molecule has 0 spiro atoms. The smallest absolute Gasteiger partial charge is 0.335 e. The van der Waals surface area contributed by atoms with Crippen molar-refractivity contribution in [2.24, 2.45) is 0 Å². The van der Waals surface area contributed by atoms with E-state index in [-0.39, 0.29) is 28.0 Å². The quantitative estimate of drug-likeness (QED) is 0.381. The average molecular weight is 411 g/mol. The molecule has 0 fully saturated rings. The molecule has 1 amide bonds. The number of alkyl halides is 3. The Morgan fingerprint density at radius 2 is 1.89 bits per heavy atom. The molecule has 2 aromatic carbocycles. The summed E-state index contributed by atoms with van der Waals surface area (Å²) in [5.74, 6) is 4.68. The van der Waals surface area contributed by atoms with Crippen molar-refractivity contribution in [1.82, 2.24) is 14.9 Å². The largest absolute Gasteiger partial charge is 0.416 e. The first-order chi connectivity index (χ1) is 13.3. The number of carbonyl (C=O) groups is 1. The highest BCUT2D eigenvalue weighted by Crippen LogP contribution is 2.30. The van der Waals surface area contributed by atoms with Crippen LogP contribution < -0.4 is 11.2 Å². The number of rotatable bonds is 5. The molecule has 1 aromatic heterocycles. The topological polar surface area (TPSA) is 85.8 Å². The van der Waals surface area contributed by atoms with Crippen LogP contribution in [0, 0.1) is 5.82 Å². The molecule has 3 N–H and O–H groups in total. The predicted molar refractivity (Wildman–Crippen MR) is 96.4 cm³/mol. The molecule has 3 rings (SSSR count). The molecule has 0 bridgehead atoms. The van der Waals surface area contributed by atoms with Crippen LogP contribution in [0.15, 0.2) is 53.7 Å². The monoisotopic (exact) mass is 411 g/mol. The van der Waals surface area contributed by atoms with Gasteiger partial charge in [0, 0.05) is 5.69 Å². The van der Waals surface area contributed by atoms with Gasteiger partial charge in [0.2, 0.25) is 11.1 Å². The van der Waals surface area contributed by atoms with E-state index in [2.05, 4.69) is 15.5 Å². The summed E-state index contributed by atoms with van der Waals surface area (Å²) < 4.78 is 53.0. The van der Waals surface area contributed by atoms with Crippen molar-refractivity contribution in [3.05, 3.63) is 59.9 Å². The number of carbonyl (C=O) groups excluding carboxylic acids is 1. The summed E-state index contributed by atoms with van der Waals surface area (Å²) >= 11 is 0.913. The third-order valence-corrected chi connectivity index (χ3v) is 4.53. The number of benzene rings is 2. The van der Waals surface area contributed by atoms with E-state index in [4.69, 9.17) is 5.84 Å². The number of hydrogen-bond donors (Lipinski definition) is 2. The Labute approximate surface area is 160 Å². The van der Waals surface area contributed by atoms with E-state index in [1.807, 2.05) is 0 Å². The number of anilines is 1. The van der Waals surface area contributed by atoms with Crippen molar-refractivity contribution in [3.8, 4) is 11.4 Å². The maximum atomic E-state index is 13.8. The Morgan fingerprint density at radius 1 is 1.14 bits per heavy atom. The van der Waals surface area contributed by atoms with Gasteiger partial charge in [-0.3, -0.25) is 4.79 Å². The normalized spacial score (nSPS) is 11.4. The maximum absolute atomic E-state index is 13.8. The molecule has 1 heterocycles. The number of halogens is 4. The number of amides is 1. The zero-order valence-electron chi connectivity index (χ0n) is 14.1. The molecule has 3 aromatic rings. The van der Waals surface area contributed by atoms with Crippen LogP contribution in [0.2, 0.25) is 0 Å². The molecule has 146 valence electrons. The van der Waals surface area contributed by atoms with Gasteiger partial charge in [0.05, 0.1) is 16.9 Å². The summed E-state index contributed by atoms with van der Waals surface area (Å²) in [7, 11) is 0. The molecule has 0 aliphatic carbocycles. The fourth-order valence-corrected chi connectivity index (χ4v) is 2.96. The number of nitrogens with one attached hydrogen (secondary N) is 1. The highest BCUT2D eigenvalue weighted by Gasteiger charge is 2.30. The van der Waals surface area contributed by atoms with Gasteiger partial charge in [-0.05, 0) is 30.3 Å². The number of nitrogens with two attached hydrogens (primary N) is 1. The van der Waals surface area contributed by atoms with Gasteiger partial charge in [0.25, 0.3) is 0 Å². The van der Waals surface area contributed by atoms with Crippen molar-refractivity contribution in [3.63, 3.8) is 0 Å². The zero-order chi connectivity index (χ0) is 20.3. The SMILES string of the molecule is Nn1c(SCC(=O)Nc2cccc(C(F)(F)F)c2)nnc1-c1ccccc1F. The Bertz CT molecular complexity index is 1010. The second kappa shape index (κ2) is 7.89. The second-order valence-corrected chi connectivity index (χ2v) is 6.51. The number of thioether (sulfide) groups is 1. The molecule has 0 saturated carbocycles. The summed E-state index contributed by atoms with van der Waals surface area (Å²) in [6, 6.07) is 10.2. The summed E-state index contributed by atoms with van der Waals surface area (Å²) in [5, 5.41) is 10.2. The van der Waals surface area contributed by atoms with E-state index in [1.54, 1.807) is 6.07 Å². The van der Waals surface area contributed by atoms with Gasteiger partial charge in [-0.15, -0.1) is 10.2 Å². The first-order valence-electron chi connectivity index (χ1n) is 7.81. The van der Waals surface area contributed by atoms with Crippen LogP contribution in [0.3, 0.4) is 0 Å². The van der Waals surface area contributed by atoms with Crippen molar-refractivity contribution < 1.29 is 22.4 Å². The summed E-state index contributed by atoms with van der Waals surface area (Å²) in [6.07, 6.45) is -4.51. The molecular weight excluding hydrogens is 398 g/mol. The molecule has 0 aliphatic heterocycles. The van der Waals surface area contributed by atoms with Crippen LogP contribution in [-0.2, 0) is 11.0 Å². The molecular formula is C17H13F4N5OS. The third kappa shape index (κ3) is 4.42. The molecule has 11 heteroatoms. The van der Waals surface area contributed by atoms with Crippen LogP contribution >= 0.6 is 11.8 Å². The lowest BCUT2D eigenvalue weighted by Crippen LogP contribution is -2.17. The van der Waals surface area contributed by atoms with Crippen LogP contribution in [0.5, 0.6) is 0 Å². The molecule has 28 heavy (non-hydrogen) atoms. The van der Waals surface area contributed by atoms with Crippen LogP contribution in [0.25, 0.3) is 11.4 Å². The van der Waals surface area contributed by atoms with Crippen molar-refractivity contribution in [2.45, 2.75) is 11.3 Å². The fraction of sp³-hybridized carbons (Fsp3) is 0.118. The van der Waals surface area contributed by atoms with Crippen molar-refractivity contribution in [2.75, 3.05) is 16.9 Å². The molecule has 0 unspecified atom stereocenters. The summed E-state index contributed by atoms with van der Waals surface area (Å²) in [5.41, 5.74) is -0.700. The lowest BCUT2D eigenvalue weighted by Gasteiger charge is -2.09. The number of nitrogens with zero attached hydrogens (tertiary/aromatic N) is 3. The predicted octanol–water partition coefficient (Wildman–Crippen LogP) is 3.55. The van der Waals surface area contributed by atoms with Crippen molar-refractivity contribution >= 4 is 23.4 Å². The average Bonchev–Trinajstić information content (AvgIpc) is 3.00. The minimum absolute atomic E-state index is 0.0154. The number of nitrogen functional groups attached to an aromatic ring is 1. The second-order valence-electron chi connectivity index (χ2n) is 5.57. The summed E-state index contributed by atoms with van der Waals surface area (Å²) in [6.45, 7) is 0. The third-order valence-electron chi connectivity index (χ3n) is 3.59. The molecule has 0 atom stereocenters. The van der Waals surface area contributed by atoms with Gasteiger partial charge in [-0.1, -0.05) is 30.0 Å². The lowest BCUT2D eigenvalue weighted by atomic mass is 10.2. The van der Waals surface area contributed by atoms with E-state index in [1.165, 1.54) is 30.3 Å². The Kier molecular flexibility index (Phi) is 5.54. The standard InChI is InChI=1S/C17H13F4N5OS/c18-13-7-2-1-6-12(13)15-24-25-16(26(15)22)28-9-14(27)23-11-5-3-4-10(8-11)17(19,20)21/h1-8H,9,22H2,(H,23,27). The minimum Gasteiger partial charge on any atom is -0.335 e. The van der Waals surface area contributed by atoms with Crippen LogP contribution in [0.4, 0.5) is 23.2 Å².